The molecule has 19 rings (SSSR count). The van der Waals surface area contributed by atoms with Gasteiger partial charge in [-0.1, -0.05) is 343 Å². The largest absolute Gasteiger partial charge is 0.310 e. The summed E-state index contributed by atoms with van der Waals surface area (Å²) >= 11 is 0. The number of hydrogen-bond donors (Lipinski definition) is 0. The Morgan fingerprint density at radius 1 is 0.160 bits per heavy atom. The summed E-state index contributed by atoms with van der Waals surface area (Å²) in [6.45, 7) is 9.50. The highest BCUT2D eigenvalue weighted by molar-refractivity contribution is 6.06. The molecular formula is C104H76N2. The third-order valence-corrected chi connectivity index (χ3v) is 22.7. The monoisotopic (exact) mass is 1350 g/mol. The number of anilines is 6. The van der Waals surface area contributed by atoms with Crippen LogP contribution >= 0.6 is 0 Å². The molecule has 0 radical (unpaired) electrons. The molecule has 0 saturated heterocycles. The van der Waals surface area contributed by atoms with Crippen LogP contribution in [0.1, 0.15) is 49.9 Å². The van der Waals surface area contributed by atoms with Crippen molar-refractivity contribution in [1.29, 1.82) is 0 Å². The van der Waals surface area contributed by atoms with Gasteiger partial charge in [-0.15, -0.1) is 0 Å². The lowest BCUT2D eigenvalue weighted by Gasteiger charge is -2.30. The maximum absolute atomic E-state index is 2.49. The fraction of sp³-hybridized carbons (Fsp3) is 0.0577. The topological polar surface area (TPSA) is 6.48 Å². The first-order chi connectivity index (χ1) is 52.1. The third-order valence-electron chi connectivity index (χ3n) is 22.7. The summed E-state index contributed by atoms with van der Waals surface area (Å²) in [5.74, 6) is 0. The van der Waals surface area contributed by atoms with E-state index in [4.69, 9.17) is 0 Å². The fourth-order valence-electron chi connectivity index (χ4n) is 17.3. The van der Waals surface area contributed by atoms with Crippen LogP contribution in [0.3, 0.4) is 0 Å². The zero-order chi connectivity index (χ0) is 71.0. The summed E-state index contributed by atoms with van der Waals surface area (Å²) in [5.41, 5.74) is 35.9. The molecule has 0 aromatic heterocycles. The molecule has 0 atom stereocenters. The standard InChI is InChI=1S/C104H76N2/c1-103(2)99-37-20-18-34-93(99)95-61-57-83(67-101(95)103)106(84-58-62-96-94-35-19-21-38-100(94)104(3,4)102(96)68-84)82-56-60-90(98(66-82)74-27-12-7-13-28-74)76-45-41-70(42-46-76)69-39-43-75(44-40-69)87-63-64-88(92-33-17-16-32-91(87)92)78-49-53-80(54-50-78)105(79-51-47-77(48-52-79)86-36-22-30-72-29-14-15-31-85(72)86)81-55-59-89(71-23-8-5-9-24-71)97(65-81)73-25-10-6-11-26-73/h5-68H,1-4H3. The summed E-state index contributed by atoms with van der Waals surface area (Å²) in [5, 5.41) is 4.91. The van der Waals surface area contributed by atoms with Crippen LogP contribution in [0, 0.1) is 0 Å². The van der Waals surface area contributed by atoms with E-state index in [1.807, 2.05) is 0 Å². The molecule has 0 N–H and O–H groups in total. The fourth-order valence-corrected chi connectivity index (χ4v) is 17.3. The van der Waals surface area contributed by atoms with E-state index in [1.54, 1.807) is 0 Å². The van der Waals surface area contributed by atoms with E-state index < -0.39 is 0 Å². The van der Waals surface area contributed by atoms with E-state index in [9.17, 15) is 0 Å². The lowest BCUT2D eigenvalue weighted by molar-refractivity contribution is 0.660. The SMILES string of the molecule is CC1(C)c2ccccc2-c2ccc(N(c3ccc(-c4ccc(-c5ccc(-c6ccc(-c7ccc(N(c8ccc(-c9cccc%10ccccc9%10)cc8)c8ccc(-c9ccccc9)c(-c9ccccc9)c8)cc7)c7ccccc67)cc5)cc4)c(-c4ccccc4)c3)c3ccc4c(c3)C(C)(C)c3ccccc3-4)cc21. The minimum Gasteiger partial charge on any atom is -0.310 e. The summed E-state index contributed by atoms with van der Waals surface area (Å²) < 4.78 is 0. The van der Waals surface area contributed by atoms with Crippen LogP contribution in [0.15, 0.2) is 388 Å². The lowest BCUT2D eigenvalue weighted by atomic mass is 9.82. The minimum atomic E-state index is -0.156. The van der Waals surface area contributed by atoms with Gasteiger partial charge in [-0.05, 0) is 228 Å². The number of hydrogen-bond acceptors (Lipinski definition) is 2. The van der Waals surface area contributed by atoms with Crippen LogP contribution in [0.2, 0.25) is 0 Å². The summed E-state index contributed by atoms with van der Waals surface area (Å²) in [7, 11) is 0. The summed E-state index contributed by atoms with van der Waals surface area (Å²) in [6, 6.07) is 144. The molecule has 17 aromatic carbocycles. The van der Waals surface area contributed by atoms with Gasteiger partial charge in [-0.3, -0.25) is 0 Å². The average Bonchev–Trinajstić information content (AvgIpc) is 1.57. The Morgan fingerprint density at radius 2 is 0.425 bits per heavy atom. The van der Waals surface area contributed by atoms with Gasteiger partial charge in [0, 0.05) is 45.0 Å². The van der Waals surface area contributed by atoms with Crippen molar-refractivity contribution in [2.75, 3.05) is 9.80 Å². The van der Waals surface area contributed by atoms with Gasteiger partial charge < -0.3 is 9.80 Å². The van der Waals surface area contributed by atoms with E-state index in [2.05, 4.69) is 426 Å². The first-order valence-electron chi connectivity index (χ1n) is 37.0. The van der Waals surface area contributed by atoms with Crippen molar-refractivity contribution in [3.63, 3.8) is 0 Å². The van der Waals surface area contributed by atoms with Crippen molar-refractivity contribution >= 4 is 55.7 Å². The second-order valence-electron chi connectivity index (χ2n) is 29.5. The first kappa shape index (κ1) is 63.8. The molecule has 0 saturated carbocycles. The van der Waals surface area contributed by atoms with Crippen LogP contribution in [0.4, 0.5) is 34.1 Å². The van der Waals surface area contributed by atoms with E-state index in [0.29, 0.717) is 0 Å². The van der Waals surface area contributed by atoms with Crippen LogP contribution in [-0.2, 0) is 10.8 Å². The highest BCUT2D eigenvalue weighted by Gasteiger charge is 2.38. The van der Waals surface area contributed by atoms with Crippen molar-refractivity contribution in [3.05, 3.63) is 411 Å². The van der Waals surface area contributed by atoms with E-state index in [-0.39, 0.29) is 10.8 Å². The van der Waals surface area contributed by atoms with E-state index in [0.717, 1.165) is 39.7 Å². The van der Waals surface area contributed by atoms with E-state index >= 15 is 0 Å². The van der Waals surface area contributed by atoms with Crippen molar-refractivity contribution in [3.8, 4) is 111 Å². The predicted octanol–water partition coefficient (Wildman–Crippen LogP) is 28.9. The Kier molecular flexibility index (Phi) is 15.6. The highest BCUT2D eigenvalue weighted by atomic mass is 15.1. The average molecular weight is 1350 g/mol. The van der Waals surface area contributed by atoms with Crippen molar-refractivity contribution in [1.82, 2.24) is 0 Å². The molecule has 106 heavy (non-hydrogen) atoms. The minimum absolute atomic E-state index is 0.156. The Balaban J connectivity index is 0.633. The maximum atomic E-state index is 2.49. The van der Waals surface area contributed by atoms with Gasteiger partial charge in [0.15, 0.2) is 0 Å². The summed E-state index contributed by atoms with van der Waals surface area (Å²) in [4.78, 5) is 4.89. The van der Waals surface area contributed by atoms with Crippen molar-refractivity contribution < 1.29 is 0 Å². The zero-order valence-electron chi connectivity index (χ0n) is 59.8. The van der Waals surface area contributed by atoms with E-state index in [1.165, 1.54) is 150 Å². The van der Waals surface area contributed by atoms with Gasteiger partial charge in [-0.2, -0.15) is 0 Å². The van der Waals surface area contributed by atoms with Crippen LogP contribution in [-0.4, -0.2) is 0 Å². The van der Waals surface area contributed by atoms with Gasteiger partial charge in [-0.25, -0.2) is 0 Å². The van der Waals surface area contributed by atoms with Crippen LogP contribution in [0.5, 0.6) is 0 Å². The Morgan fingerprint density at radius 3 is 0.868 bits per heavy atom. The van der Waals surface area contributed by atoms with Gasteiger partial charge in [0.1, 0.15) is 0 Å². The van der Waals surface area contributed by atoms with Gasteiger partial charge in [0.2, 0.25) is 0 Å². The molecule has 17 aromatic rings. The third kappa shape index (κ3) is 11.0. The van der Waals surface area contributed by atoms with Gasteiger partial charge >= 0.3 is 0 Å². The van der Waals surface area contributed by atoms with Gasteiger partial charge in [0.25, 0.3) is 0 Å². The molecule has 2 heteroatoms. The molecule has 0 amide bonds. The number of rotatable bonds is 14. The second-order valence-corrected chi connectivity index (χ2v) is 29.5. The molecule has 0 unspecified atom stereocenters. The molecule has 0 fully saturated rings. The number of fused-ring (bicyclic) bond motifs is 8. The molecule has 0 aliphatic heterocycles. The Labute approximate surface area is 621 Å². The molecule has 2 aliphatic carbocycles. The molecule has 2 nitrogen and oxygen atoms in total. The Bertz CT molecular complexity index is 6100. The Hall–Kier alpha value is -13.1. The first-order valence-corrected chi connectivity index (χ1v) is 37.0. The molecule has 0 heterocycles. The highest BCUT2D eigenvalue weighted by Crippen LogP contribution is 2.54. The molecular weight excluding hydrogens is 1280 g/mol. The summed E-state index contributed by atoms with van der Waals surface area (Å²) in [6.07, 6.45) is 0. The predicted molar refractivity (Wildman–Crippen MR) is 449 cm³/mol. The number of benzene rings is 17. The molecule has 502 valence electrons. The molecule has 0 spiro atoms. The zero-order valence-corrected chi connectivity index (χ0v) is 59.8. The molecule has 2 aliphatic rings. The second kappa shape index (κ2) is 26.0. The van der Waals surface area contributed by atoms with Crippen molar-refractivity contribution in [2.45, 2.75) is 38.5 Å². The number of nitrogens with zero attached hydrogens (tertiary/aromatic N) is 2. The molecule has 0 bridgehead atoms. The lowest BCUT2D eigenvalue weighted by Crippen LogP contribution is -2.18. The van der Waals surface area contributed by atoms with Crippen LogP contribution < -0.4 is 9.80 Å². The quantitative estimate of drug-likeness (QED) is 0.107. The smallest absolute Gasteiger partial charge is 0.0468 e. The van der Waals surface area contributed by atoms with Gasteiger partial charge in [0.05, 0.1) is 0 Å². The van der Waals surface area contributed by atoms with Crippen molar-refractivity contribution in [2.24, 2.45) is 0 Å². The van der Waals surface area contributed by atoms with Crippen LogP contribution in [0.25, 0.3) is 133 Å². The maximum Gasteiger partial charge on any atom is 0.0468 e. The normalized spacial score (nSPS) is 12.9.